The van der Waals surface area contributed by atoms with Crippen LogP contribution in [-0.2, 0) is 11.3 Å². The zero-order valence-electron chi connectivity index (χ0n) is 10.1. The van der Waals surface area contributed by atoms with Gasteiger partial charge < -0.3 is 11.1 Å². The average molecular weight is 224 g/mol. The summed E-state index contributed by atoms with van der Waals surface area (Å²) in [6.45, 7) is 6.40. The molecule has 1 aromatic heterocycles. The summed E-state index contributed by atoms with van der Waals surface area (Å²) >= 11 is 0. The van der Waals surface area contributed by atoms with Crippen LogP contribution in [0, 0.1) is 12.8 Å². The number of hydrogen-bond donors (Lipinski definition) is 3. The van der Waals surface area contributed by atoms with Crippen LogP contribution in [0.3, 0.4) is 0 Å². The molecule has 4 N–H and O–H groups in total. The summed E-state index contributed by atoms with van der Waals surface area (Å²) < 4.78 is 0. The van der Waals surface area contributed by atoms with Gasteiger partial charge in [-0.2, -0.15) is 5.10 Å². The second kappa shape index (κ2) is 5.65. The molecule has 0 saturated heterocycles. The zero-order valence-corrected chi connectivity index (χ0v) is 10.1. The fraction of sp³-hybridized carbons (Fsp3) is 0.636. The molecular formula is C11H20N4O. The van der Waals surface area contributed by atoms with Gasteiger partial charge in [0.2, 0.25) is 5.91 Å². The number of amides is 1. The third-order valence-corrected chi connectivity index (χ3v) is 2.95. The third kappa shape index (κ3) is 3.06. The standard InChI is InChI=1S/C11H20N4O/c1-4-7(2)10(12)11(16)13-5-9-6-14-15-8(9)3/h6-7,10H,4-5,12H2,1-3H3,(H,13,16)(H,14,15)/t7-,10-/m0/s1. The summed E-state index contributed by atoms with van der Waals surface area (Å²) in [5.41, 5.74) is 7.77. The molecular weight excluding hydrogens is 204 g/mol. The highest BCUT2D eigenvalue weighted by Crippen LogP contribution is 2.06. The molecule has 0 aliphatic heterocycles. The monoisotopic (exact) mass is 224 g/mol. The van der Waals surface area contributed by atoms with Crippen molar-refractivity contribution >= 4 is 5.91 Å². The van der Waals surface area contributed by atoms with Crippen molar-refractivity contribution in [1.29, 1.82) is 0 Å². The molecule has 0 aliphatic rings. The highest BCUT2D eigenvalue weighted by atomic mass is 16.2. The van der Waals surface area contributed by atoms with Gasteiger partial charge in [0.1, 0.15) is 0 Å². The van der Waals surface area contributed by atoms with E-state index in [-0.39, 0.29) is 11.8 Å². The first-order valence-electron chi connectivity index (χ1n) is 5.58. The third-order valence-electron chi connectivity index (χ3n) is 2.95. The molecule has 0 saturated carbocycles. The molecule has 2 atom stereocenters. The molecule has 1 amide bonds. The van der Waals surface area contributed by atoms with Crippen LogP contribution in [0.4, 0.5) is 0 Å². The number of nitrogens with two attached hydrogens (primary N) is 1. The van der Waals surface area contributed by atoms with Gasteiger partial charge in [-0.15, -0.1) is 0 Å². The molecule has 90 valence electrons. The Kier molecular flexibility index (Phi) is 4.49. The number of carbonyl (C=O) groups excluding carboxylic acids is 1. The van der Waals surface area contributed by atoms with Crippen molar-refractivity contribution in [3.05, 3.63) is 17.5 Å². The van der Waals surface area contributed by atoms with E-state index in [2.05, 4.69) is 15.5 Å². The molecule has 0 aliphatic carbocycles. The maximum atomic E-state index is 11.7. The van der Waals surface area contributed by atoms with Gasteiger partial charge in [0.05, 0.1) is 12.2 Å². The molecule has 0 radical (unpaired) electrons. The number of nitrogens with zero attached hydrogens (tertiary/aromatic N) is 1. The van der Waals surface area contributed by atoms with Crippen molar-refractivity contribution in [2.75, 3.05) is 0 Å². The molecule has 16 heavy (non-hydrogen) atoms. The van der Waals surface area contributed by atoms with E-state index in [1.807, 2.05) is 20.8 Å². The summed E-state index contributed by atoms with van der Waals surface area (Å²) in [6.07, 6.45) is 2.61. The Morgan fingerprint density at radius 2 is 2.38 bits per heavy atom. The molecule has 0 fully saturated rings. The first-order valence-corrected chi connectivity index (χ1v) is 5.58. The minimum Gasteiger partial charge on any atom is -0.351 e. The Bertz CT molecular complexity index is 348. The normalized spacial score (nSPS) is 14.5. The Morgan fingerprint density at radius 1 is 1.69 bits per heavy atom. The fourth-order valence-electron chi connectivity index (χ4n) is 1.37. The van der Waals surface area contributed by atoms with Gasteiger partial charge in [0, 0.05) is 17.8 Å². The summed E-state index contributed by atoms with van der Waals surface area (Å²) in [6, 6.07) is -0.433. The first kappa shape index (κ1) is 12.7. The van der Waals surface area contributed by atoms with Crippen LogP contribution in [0.15, 0.2) is 6.20 Å². The van der Waals surface area contributed by atoms with Gasteiger partial charge >= 0.3 is 0 Å². The van der Waals surface area contributed by atoms with Crippen molar-refractivity contribution < 1.29 is 4.79 Å². The lowest BCUT2D eigenvalue weighted by molar-refractivity contribution is -0.123. The van der Waals surface area contributed by atoms with Crippen LogP contribution in [0.5, 0.6) is 0 Å². The van der Waals surface area contributed by atoms with Crippen LogP contribution < -0.4 is 11.1 Å². The Morgan fingerprint density at radius 3 is 2.88 bits per heavy atom. The van der Waals surface area contributed by atoms with Crippen molar-refractivity contribution in [2.24, 2.45) is 11.7 Å². The van der Waals surface area contributed by atoms with Crippen LogP contribution >= 0.6 is 0 Å². The van der Waals surface area contributed by atoms with E-state index >= 15 is 0 Å². The Hall–Kier alpha value is -1.36. The molecule has 0 aromatic carbocycles. The Balaban J connectivity index is 2.44. The first-order chi connectivity index (χ1) is 7.56. The second-order valence-corrected chi connectivity index (χ2v) is 4.15. The number of carbonyl (C=O) groups is 1. The van der Waals surface area contributed by atoms with Crippen LogP contribution in [0.25, 0.3) is 0 Å². The molecule has 1 heterocycles. The number of nitrogens with one attached hydrogen (secondary N) is 2. The van der Waals surface area contributed by atoms with Crippen molar-refractivity contribution in [1.82, 2.24) is 15.5 Å². The van der Waals surface area contributed by atoms with Crippen LogP contribution in [-0.4, -0.2) is 22.1 Å². The van der Waals surface area contributed by atoms with Gasteiger partial charge in [-0.1, -0.05) is 20.3 Å². The van der Waals surface area contributed by atoms with E-state index in [1.54, 1.807) is 6.20 Å². The van der Waals surface area contributed by atoms with Crippen molar-refractivity contribution in [3.63, 3.8) is 0 Å². The quantitative estimate of drug-likeness (QED) is 0.688. The van der Waals surface area contributed by atoms with Crippen molar-refractivity contribution in [3.8, 4) is 0 Å². The Labute approximate surface area is 95.8 Å². The van der Waals surface area contributed by atoms with E-state index in [9.17, 15) is 4.79 Å². The van der Waals surface area contributed by atoms with Crippen molar-refractivity contribution in [2.45, 2.75) is 39.8 Å². The van der Waals surface area contributed by atoms with E-state index in [0.717, 1.165) is 17.7 Å². The number of aromatic nitrogens is 2. The lowest BCUT2D eigenvalue weighted by Crippen LogP contribution is -2.44. The number of rotatable bonds is 5. The minimum atomic E-state index is -0.433. The van der Waals surface area contributed by atoms with E-state index < -0.39 is 6.04 Å². The van der Waals surface area contributed by atoms with E-state index in [4.69, 9.17) is 5.73 Å². The molecule has 0 bridgehead atoms. The fourth-order valence-corrected chi connectivity index (χ4v) is 1.37. The second-order valence-electron chi connectivity index (χ2n) is 4.15. The maximum Gasteiger partial charge on any atom is 0.237 e. The van der Waals surface area contributed by atoms with Crippen LogP contribution in [0.2, 0.25) is 0 Å². The van der Waals surface area contributed by atoms with E-state index in [1.165, 1.54) is 0 Å². The van der Waals surface area contributed by atoms with E-state index in [0.29, 0.717) is 6.54 Å². The molecule has 5 nitrogen and oxygen atoms in total. The highest BCUT2D eigenvalue weighted by molar-refractivity contribution is 5.81. The van der Waals surface area contributed by atoms with Gasteiger partial charge in [-0.05, 0) is 12.8 Å². The molecule has 0 unspecified atom stereocenters. The molecule has 1 aromatic rings. The topological polar surface area (TPSA) is 83.8 Å². The zero-order chi connectivity index (χ0) is 12.1. The minimum absolute atomic E-state index is 0.102. The predicted octanol–water partition coefficient (Wildman–Crippen LogP) is 0.708. The maximum absolute atomic E-state index is 11.7. The van der Waals surface area contributed by atoms with Gasteiger partial charge in [-0.25, -0.2) is 0 Å². The lowest BCUT2D eigenvalue weighted by Gasteiger charge is -2.17. The number of aromatic amines is 1. The summed E-state index contributed by atoms with van der Waals surface area (Å²) in [7, 11) is 0. The summed E-state index contributed by atoms with van der Waals surface area (Å²) in [5.74, 6) is 0.0976. The van der Waals surface area contributed by atoms with Crippen LogP contribution in [0.1, 0.15) is 31.5 Å². The van der Waals surface area contributed by atoms with Gasteiger partial charge in [0.25, 0.3) is 0 Å². The summed E-state index contributed by atoms with van der Waals surface area (Å²) in [4.78, 5) is 11.7. The number of hydrogen-bond acceptors (Lipinski definition) is 3. The predicted molar refractivity (Wildman–Crippen MR) is 62.6 cm³/mol. The largest absolute Gasteiger partial charge is 0.351 e. The van der Waals surface area contributed by atoms with Gasteiger partial charge in [-0.3, -0.25) is 9.89 Å². The number of H-pyrrole nitrogens is 1. The highest BCUT2D eigenvalue weighted by Gasteiger charge is 2.19. The lowest BCUT2D eigenvalue weighted by atomic mass is 9.99. The number of aryl methyl sites for hydroxylation is 1. The molecule has 1 rings (SSSR count). The molecule has 5 heteroatoms. The molecule has 0 spiro atoms. The van der Waals surface area contributed by atoms with Gasteiger partial charge in [0.15, 0.2) is 0 Å². The SMILES string of the molecule is CC[C@H](C)[C@H](N)C(=O)NCc1cn[nH]c1C. The smallest absolute Gasteiger partial charge is 0.237 e. The summed E-state index contributed by atoms with van der Waals surface area (Å²) in [5, 5.41) is 9.53. The average Bonchev–Trinajstić information content (AvgIpc) is 2.69.